The zero-order chi connectivity index (χ0) is 23.6. The van der Waals surface area contributed by atoms with Crippen molar-refractivity contribution in [2.45, 2.75) is 45.9 Å². The Balaban J connectivity index is 1.96. The Kier molecular flexibility index (Phi) is 7.29. The Morgan fingerprint density at radius 2 is 1.62 bits per heavy atom. The molecular weight excluding hydrogens is 426 g/mol. The lowest BCUT2D eigenvalue weighted by molar-refractivity contribution is -0.131. The topological polar surface area (TPSA) is 78.8 Å². The van der Waals surface area contributed by atoms with Crippen LogP contribution in [0, 0.1) is 27.7 Å². The van der Waals surface area contributed by atoms with Crippen LogP contribution in [0.5, 0.6) is 0 Å². The number of rotatable bonds is 7. The van der Waals surface area contributed by atoms with Gasteiger partial charge in [-0.3, -0.25) is 18.7 Å². The van der Waals surface area contributed by atoms with Crippen molar-refractivity contribution in [2.75, 3.05) is 43.6 Å². The van der Waals surface area contributed by atoms with E-state index in [1.165, 1.54) is 4.31 Å². The van der Waals surface area contributed by atoms with Crippen LogP contribution >= 0.6 is 0 Å². The molecule has 2 heterocycles. The third kappa shape index (κ3) is 4.99. The Morgan fingerprint density at radius 1 is 1.03 bits per heavy atom. The van der Waals surface area contributed by atoms with Gasteiger partial charge < -0.3 is 4.90 Å². The molecule has 3 rings (SSSR count). The number of aryl methyl sites for hydroxylation is 4. The van der Waals surface area contributed by atoms with Gasteiger partial charge in [0.05, 0.1) is 17.1 Å². The van der Waals surface area contributed by atoms with E-state index >= 15 is 0 Å². The molecule has 1 aliphatic rings. The van der Waals surface area contributed by atoms with Gasteiger partial charge in [0.2, 0.25) is 5.91 Å². The molecule has 1 amide bonds. The van der Waals surface area contributed by atoms with Crippen molar-refractivity contribution in [1.82, 2.24) is 19.6 Å². The third-order valence-corrected chi connectivity index (χ3v) is 8.06. The maximum Gasteiger partial charge on any atom is 0.268 e. The summed E-state index contributed by atoms with van der Waals surface area (Å²) in [6.07, 6.45) is 1.08. The SMILES string of the molecule is CCCN1CCN(C(=O)CN(c2cc(C)cc(C)c2)S(=O)(=O)c2c(C)nn(C)c2C)CC1. The molecule has 0 radical (unpaired) electrons. The van der Waals surface area contributed by atoms with Crippen LogP contribution in [0.1, 0.15) is 35.9 Å². The maximum absolute atomic E-state index is 13.9. The average Bonchev–Trinajstić information content (AvgIpc) is 2.97. The van der Waals surface area contributed by atoms with Crippen LogP contribution in [-0.2, 0) is 21.9 Å². The number of nitrogens with zero attached hydrogens (tertiary/aromatic N) is 5. The van der Waals surface area contributed by atoms with Gasteiger partial charge in [-0.1, -0.05) is 13.0 Å². The minimum absolute atomic E-state index is 0.166. The van der Waals surface area contributed by atoms with Gasteiger partial charge in [-0.25, -0.2) is 8.42 Å². The summed E-state index contributed by atoms with van der Waals surface area (Å²) in [6, 6.07) is 5.62. The molecule has 0 bridgehead atoms. The quantitative estimate of drug-likeness (QED) is 0.633. The van der Waals surface area contributed by atoms with Crippen molar-refractivity contribution in [3.05, 3.63) is 40.7 Å². The largest absolute Gasteiger partial charge is 0.339 e. The van der Waals surface area contributed by atoms with E-state index in [0.29, 0.717) is 30.2 Å². The molecule has 0 atom stereocenters. The Morgan fingerprint density at radius 3 is 2.12 bits per heavy atom. The Bertz CT molecular complexity index is 1070. The smallest absolute Gasteiger partial charge is 0.268 e. The zero-order valence-corrected chi connectivity index (χ0v) is 20.9. The maximum atomic E-state index is 13.9. The standard InChI is InChI=1S/C23H35N5O3S/c1-7-8-26-9-11-27(12-10-26)22(29)16-28(21-14-17(2)13-18(3)15-21)32(30,31)23-19(4)24-25(6)20(23)5/h13-15H,7-12,16H2,1-6H3. The fraction of sp³-hybridized carbons (Fsp3) is 0.565. The summed E-state index contributed by atoms with van der Waals surface area (Å²) in [6.45, 7) is 13.1. The van der Waals surface area contributed by atoms with E-state index < -0.39 is 10.0 Å². The summed E-state index contributed by atoms with van der Waals surface area (Å²) >= 11 is 0. The summed E-state index contributed by atoms with van der Waals surface area (Å²) in [5.41, 5.74) is 3.38. The van der Waals surface area contributed by atoms with Crippen LogP contribution in [0.4, 0.5) is 5.69 Å². The molecule has 0 spiro atoms. The summed E-state index contributed by atoms with van der Waals surface area (Å²) in [5, 5.41) is 4.29. The van der Waals surface area contributed by atoms with Crippen LogP contribution in [-0.4, -0.2) is 73.2 Å². The van der Waals surface area contributed by atoms with Gasteiger partial charge in [0.15, 0.2) is 0 Å². The van der Waals surface area contributed by atoms with Gasteiger partial charge in [0.25, 0.3) is 10.0 Å². The second kappa shape index (κ2) is 9.62. The summed E-state index contributed by atoms with van der Waals surface area (Å²) in [4.78, 5) is 17.5. The van der Waals surface area contributed by atoms with Crippen molar-refractivity contribution < 1.29 is 13.2 Å². The van der Waals surface area contributed by atoms with E-state index in [-0.39, 0.29) is 17.3 Å². The zero-order valence-electron chi connectivity index (χ0n) is 20.1. The van der Waals surface area contributed by atoms with Gasteiger partial charge in [0, 0.05) is 33.2 Å². The minimum Gasteiger partial charge on any atom is -0.339 e. The van der Waals surface area contributed by atoms with Gasteiger partial charge >= 0.3 is 0 Å². The van der Waals surface area contributed by atoms with E-state index in [1.807, 2.05) is 32.0 Å². The number of aromatic nitrogens is 2. The molecule has 0 saturated carbocycles. The van der Waals surface area contributed by atoms with Gasteiger partial charge in [0.1, 0.15) is 11.4 Å². The van der Waals surface area contributed by atoms with Crippen LogP contribution in [0.15, 0.2) is 23.1 Å². The summed E-state index contributed by atoms with van der Waals surface area (Å²) in [5.74, 6) is -0.178. The van der Waals surface area contributed by atoms with E-state index in [2.05, 4.69) is 16.9 Å². The first-order valence-electron chi connectivity index (χ1n) is 11.2. The van der Waals surface area contributed by atoms with E-state index in [9.17, 15) is 13.2 Å². The monoisotopic (exact) mass is 461 g/mol. The molecule has 1 aromatic heterocycles. The fourth-order valence-corrected chi connectivity index (χ4v) is 6.21. The second-order valence-corrected chi connectivity index (χ2v) is 10.5. The number of carbonyl (C=O) groups is 1. The van der Waals surface area contributed by atoms with Gasteiger partial charge in [-0.05, 0) is 63.9 Å². The molecule has 1 aliphatic heterocycles. The number of benzene rings is 1. The highest BCUT2D eigenvalue weighted by Crippen LogP contribution is 2.29. The van der Waals surface area contributed by atoms with Crippen molar-refractivity contribution in [1.29, 1.82) is 0 Å². The predicted molar refractivity (Wildman–Crippen MR) is 126 cm³/mol. The lowest BCUT2D eigenvalue weighted by atomic mass is 10.1. The highest BCUT2D eigenvalue weighted by molar-refractivity contribution is 7.93. The molecule has 2 aromatic rings. The molecule has 0 aliphatic carbocycles. The third-order valence-electron chi connectivity index (χ3n) is 6.03. The van der Waals surface area contributed by atoms with Gasteiger partial charge in [-0.2, -0.15) is 5.10 Å². The molecule has 9 heteroatoms. The van der Waals surface area contributed by atoms with Crippen LogP contribution < -0.4 is 4.31 Å². The summed E-state index contributed by atoms with van der Waals surface area (Å²) < 4.78 is 30.5. The van der Waals surface area contributed by atoms with Crippen molar-refractivity contribution >= 4 is 21.6 Å². The van der Waals surface area contributed by atoms with Crippen molar-refractivity contribution in [2.24, 2.45) is 7.05 Å². The number of carbonyl (C=O) groups excluding carboxylic acids is 1. The molecule has 1 saturated heterocycles. The van der Waals surface area contributed by atoms with Crippen LogP contribution in [0.25, 0.3) is 0 Å². The second-order valence-electron chi connectivity index (χ2n) is 8.70. The van der Waals surface area contributed by atoms with Gasteiger partial charge in [-0.15, -0.1) is 0 Å². The van der Waals surface area contributed by atoms with E-state index in [4.69, 9.17) is 0 Å². The number of sulfonamides is 1. The Hall–Kier alpha value is -2.39. The highest BCUT2D eigenvalue weighted by atomic mass is 32.2. The fourth-order valence-electron chi connectivity index (χ4n) is 4.41. The first-order valence-corrected chi connectivity index (χ1v) is 12.6. The number of anilines is 1. The number of hydrogen-bond acceptors (Lipinski definition) is 5. The minimum atomic E-state index is -3.99. The van der Waals surface area contributed by atoms with Crippen LogP contribution in [0.3, 0.4) is 0 Å². The molecule has 0 N–H and O–H groups in total. The van der Waals surface area contributed by atoms with E-state index in [1.54, 1.807) is 30.5 Å². The molecular formula is C23H35N5O3S. The molecule has 32 heavy (non-hydrogen) atoms. The first kappa shape index (κ1) is 24.3. The molecule has 1 aromatic carbocycles. The molecule has 176 valence electrons. The molecule has 8 nitrogen and oxygen atoms in total. The Labute approximate surface area is 191 Å². The van der Waals surface area contributed by atoms with Crippen molar-refractivity contribution in [3.8, 4) is 0 Å². The summed E-state index contributed by atoms with van der Waals surface area (Å²) in [7, 11) is -2.26. The van der Waals surface area contributed by atoms with Crippen molar-refractivity contribution in [3.63, 3.8) is 0 Å². The highest BCUT2D eigenvalue weighted by Gasteiger charge is 2.34. The molecule has 0 unspecified atom stereocenters. The van der Waals surface area contributed by atoms with Crippen LogP contribution in [0.2, 0.25) is 0 Å². The van der Waals surface area contributed by atoms with E-state index in [0.717, 1.165) is 37.2 Å². The average molecular weight is 462 g/mol. The lowest BCUT2D eigenvalue weighted by Crippen LogP contribution is -2.52. The lowest BCUT2D eigenvalue weighted by Gasteiger charge is -2.36. The first-order chi connectivity index (χ1) is 15.0. The molecule has 1 fully saturated rings. The number of hydrogen-bond donors (Lipinski definition) is 0. The number of amides is 1. The number of piperazine rings is 1. The predicted octanol–water partition coefficient (Wildman–Crippen LogP) is 2.40. The normalized spacial score (nSPS) is 15.2.